The standard InChI is InChI=1S/C21H19N3OS/c1-14-13-15(2)22-20-17(14)9-6-10-18(20)23-21(26)24-19(25)12-11-16-7-4-3-5-8-16/h3-13H,1-2H3,(H2,23,24,25,26). The SMILES string of the molecule is Cc1cc(C)c2cccc(NC(=S)NC(=O)C=Cc3ccccc3)c2n1. The molecule has 4 nitrogen and oxygen atoms in total. The summed E-state index contributed by atoms with van der Waals surface area (Å²) < 4.78 is 0. The lowest BCUT2D eigenvalue weighted by atomic mass is 10.1. The highest BCUT2D eigenvalue weighted by Crippen LogP contribution is 2.24. The Hall–Kier alpha value is -3.05. The second-order valence-electron chi connectivity index (χ2n) is 5.97. The van der Waals surface area contributed by atoms with E-state index in [-0.39, 0.29) is 11.0 Å². The number of carbonyl (C=O) groups is 1. The number of amides is 1. The van der Waals surface area contributed by atoms with Crippen LogP contribution in [0.2, 0.25) is 0 Å². The quantitative estimate of drug-likeness (QED) is 0.537. The van der Waals surface area contributed by atoms with Crippen LogP contribution in [0.15, 0.2) is 60.7 Å². The number of hydrogen-bond donors (Lipinski definition) is 2. The van der Waals surface area contributed by atoms with Crippen LogP contribution < -0.4 is 10.6 Å². The van der Waals surface area contributed by atoms with Gasteiger partial charge in [-0.25, -0.2) is 0 Å². The molecule has 0 aliphatic carbocycles. The summed E-state index contributed by atoms with van der Waals surface area (Å²) in [6.45, 7) is 4.01. The fourth-order valence-electron chi connectivity index (χ4n) is 2.73. The minimum Gasteiger partial charge on any atom is -0.331 e. The maximum Gasteiger partial charge on any atom is 0.250 e. The molecule has 2 N–H and O–H groups in total. The van der Waals surface area contributed by atoms with Crippen LogP contribution >= 0.6 is 12.2 Å². The van der Waals surface area contributed by atoms with Crippen molar-refractivity contribution in [3.05, 3.63) is 77.5 Å². The molecule has 3 aromatic rings. The molecule has 1 aromatic heterocycles. The molecule has 26 heavy (non-hydrogen) atoms. The van der Waals surface area contributed by atoms with Crippen LogP contribution in [-0.4, -0.2) is 16.0 Å². The Kier molecular flexibility index (Phi) is 5.39. The summed E-state index contributed by atoms with van der Waals surface area (Å²) in [6.07, 6.45) is 3.20. The van der Waals surface area contributed by atoms with Gasteiger partial charge in [0, 0.05) is 17.2 Å². The third kappa shape index (κ3) is 4.32. The van der Waals surface area contributed by atoms with Crippen molar-refractivity contribution in [3.63, 3.8) is 0 Å². The van der Waals surface area contributed by atoms with Gasteiger partial charge in [0.1, 0.15) is 0 Å². The maximum atomic E-state index is 12.0. The van der Waals surface area contributed by atoms with Gasteiger partial charge in [0.2, 0.25) is 5.91 Å². The maximum absolute atomic E-state index is 12.0. The molecule has 3 rings (SSSR count). The molecule has 0 atom stereocenters. The number of aryl methyl sites for hydroxylation is 2. The summed E-state index contributed by atoms with van der Waals surface area (Å²) in [5.74, 6) is -0.285. The number of pyridine rings is 1. The summed E-state index contributed by atoms with van der Waals surface area (Å²) in [6, 6.07) is 17.5. The van der Waals surface area contributed by atoms with Crippen LogP contribution in [0.5, 0.6) is 0 Å². The fourth-order valence-corrected chi connectivity index (χ4v) is 2.94. The van der Waals surface area contributed by atoms with Gasteiger partial charge in [-0.1, -0.05) is 42.5 Å². The Bertz CT molecular complexity index is 997. The number of aromatic nitrogens is 1. The number of nitrogens with one attached hydrogen (secondary N) is 2. The van der Waals surface area contributed by atoms with Crippen LogP contribution in [-0.2, 0) is 4.79 Å². The molecule has 0 spiro atoms. The van der Waals surface area contributed by atoms with E-state index in [0.717, 1.165) is 33.4 Å². The first kappa shape index (κ1) is 17.8. The van der Waals surface area contributed by atoms with Crippen molar-refractivity contribution in [2.75, 3.05) is 5.32 Å². The van der Waals surface area contributed by atoms with Crippen molar-refractivity contribution in [2.45, 2.75) is 13.8 Å². The lowest BCUT2D eigenvalue weighted by Gasteiger charge is -2.12. The first-order chi connectivity index (χ1) is 12.5. The highest BCUT2D eigenvalue weighted by atomic mass is 32.1. The number of para-hydroxylation sites is 1. The molecule has 130 valence electrons. The lowest BCUT2D eigenvalue weighted by molar-refractivity contribution is -0.115. The van der Waals surface area contributed by atoms with E-state index in [2.05, 4.69) is 22.5 Å². The van der Waals surface area contributed by atoms with Gasteiger partial charge in [-0.2, -0.15) is 0 Å². The molecule has 0 aliphatic rings. The van der Waals surface area contributed by atoms with Crippen molar-refractivity contribution in [1.82, 2.24) is 10.3 Å². The van der Waals surface area contributed by atoms with Gasteiger partial charge in [-0.05, 0) is 55.4 Å². The van der Waals surface area contributed by atoms with Crippen molar-refractivity contribution < 1.29 is 4.79 Å². The Labute approximate surface area is 158 Å². The number of rotatable bonds is 3. The molecule has 0 unspecified atom stereocenters. The summed E-state index contributed by atoms with van der Waals surface area (Å²) in [5.41, 5.74) is 4.64. The Morgan fingerprint density at radius 2 is 1.85 bits per heavy atom. The summed E-state index contributed by atoms with van der Waals surface area (Å²) in [5, 5.41) is 7.02. The smallest absolute Gasteiger partial charge is 0.250 e. The number of fused-ring (bicyclic) bond motifs is 1. The molecule has 0 fully saturated rings. The van der Waals surface area contributed by atoms with E-state index in [0.29, 0.717) is 0 Å². The van der Waals surface area contributed by atoms with Crippen molar-refractivity contribution >= 4 is 45.9 Å². The number of nitrogens with zero attached hydrogens (tertiary/aromatic N) is 1. The lowest BCUT2D eigenvalue weighted by Crippen LogP contribution is -2.32. The minimum atomic E-state index is -0.285. The van der Waals surface area contributed by atoms with E-state index in [1.54, 1.807) is 6.08 Å². The minimum absolute atomic E-state index is 0.237. The number of carbonyl (C=O) groups excluding carboxylic acids is 1. The zero-order chi connectivity index (χ0) is 18.5. The molecular weight excluding hydrogens is 342 g/mol. The zero-order valence-electron chi connectivity index (χ0n) is 14.6. The van der Waals surface area contributed by atoms with Crippen molar-refractivity contribution in [3.8, 4) is 0 Å². The summed E-state index contributed by atoms with van der Waals surface area (Å²) in [7, 11) is 0. The zero-order valence-corrected chi connectivity index (χ0v) is 15.4. The third-order valence-corrected chi connectivity index (χ3v) is 4.09. The molecule has 0 bridgehead atoms. The number of benzene rings is 2. The Morgan fingerprint density at radius 3 is 2.62 bits per heavy atom. The predicted molar refractivity (Wildman–Crippen MR) is 111 cm³/mol. The third-order valence-electron chi connectivity index (χ3n) is 3.89. The molecule has 0 radical (unpaired) electrons. The van der Waals surface area contributed by atoms with Crippen molar-refractivity contribution in [1.29, 1.82) is 0 Å². The van der Waals surface area contributed by atoms with Crippen LogP contribution in [0.3, 0.4) is 0 Å². The van der Waals surface area contributed by atoms with E-state index >= 15 is 0 Å². The summed E-state index contributed by atoms with van der Waals surface area (Å²) >= 11 is 5.27. The highest BCUT2D eigenvalue weighted by molar-refractivity contribution is 7.80. The van der Waals surface area contributed by atoms with Crippen LogP contribution in [0, 0.1) is 13.8 Å². The Morgan fingerprint density at radius 1 is 1.08 bits per heavy atom. The molecule has 1 amide bonds. The van der Waals surface area contributed by atoms with Gasteiger partial charge in [-0.3, -0.25) is 15.1 Å². The van der Waals surface area contributed by atoms with Crippen LogP contribution in [0.25, 0.3) is 17.0 Å². The van der Waals surface area contributed by atoms with E-state index in [9.17, 15) is 4.79 Å². The Balaban J connectivity index is 1.71. The van der Waals surface area contributed by atoms with Gasteiger partial charge in [0.15, 0.2) is 5.11 Å². The van der Waals surface area contributed by atoms with Gasteiger partial charge < -0.3 is 5.32 Å². The normalized spacial score (nSPS) is 10.8. The largest absolute Gasteiger partial charge is 0.331 e. The number of thiocarbonyl (C=S) groups is 1. The fraction of sp³-hybridized carbons (Fsp3) is 0.0952. The van der Waals surface area contributed by atoms with E-state index < -0.39 is 0 Å². The molecule has 0 aliphatic heterocycles. The van der Waals surface area contributed by atoms with Gasteiger partial charge in [0.25, 0.3) is 0 Å². The van der Waals surface area contributed by atoms with Crippen molar-refractivity contribution in [2.24, 2.45) is 0 Å². The van der Waals surface area contributed by atoms with Crippen LogP contribution in [0.4, 0.5) is 5.69 Å². The average Bonchev–Trinajstić information content (AvgIpc) is 2.61. The highest BCUT2D eigenvalue weighted by Gasteiger charge is 2.08. The van der Waals surface area contributed by atoms with Crippen LogP contribution in [0.1, 0.15) is 16.8 Å². The number of anilines is 1. The second kappa shape index (κ2) is 7.89. The number of hydrogen-bond acceptors (Lipinski definition) is 3. The van der Waals surface area contributed by atoms with Gasteiger partial charge in [-0.15, -0.1) is 0 Å². The van der Waals surface area contributed by atoms with E-state index in [1.807, 2.05) is 61.5 Å². The monoisotopic (exact) mass is 361 g/mol. The van der Waals surface area contributed by atoms with E-state index in [4.69, 9.17) is 12.2 Å². The second-order valence-corrected chi connectivity index (χ2v) is 6.38. The summed E-state index contributed by atoms with van der Waals surface area (Å²) in [4.78, 5) is 16.6. The predicted octanol–water partition coefficient (Wildman–Crippen LogP) is 4.38. The molecule has 5 heteroatoms. The first-order valence-electron chi connectivity index (χ1n) is 8.25. The molecule has 1 heterocycles. The molecule has 0 saturated carbocycles. The first-order valence-corrected chi connectivity index (χ1v) is 8.66. The van der Waals surface area contributed by atoms with Gasteiger partial charge >= 0.3 is 0 Å². The topological polar surface area (TPSA) is 54.0 Å². The van der Waals surface area contributed by atoms with E-state index in [1.165, 1.54) is 6.08 Å². The molecular formula is C21H19N3OS. The van der Waals surface area contributed by atoms with Gasteiger partial charge in [0.05, 0.1) is 11.2 Å². The average molecular weight is 361 g/mol. The molecule has 2 aromatic carbocycles. The molecule has 0 saturated heterocycles.